The molecule has 26 heavy (non-hydrogen) atoms. The van der Waals surface area contributed by atoms with Crippen molar-refractivity contribution < 1.29 is 18.7 Å². The van der Waals surface area contributed by atoms with E-state index in [4.69, 9.17) is 0 Å². The molecule has 0 saturated heterocycles. The summed E-state index contributed by atoms with van der Waals surface area (Å²) in [5.41, 5.74) is 1.30. The smallest absolute Gasteiger partial charge is 0.337 e. The number of H-pyrrole nitrogens is 1. The Kier molecular flexibility index (Phi) is 3.73. The van der Waals surface area contributed by atoms with Gasteiger partial charge in [0.25, 0.3) is 0 Å². The lowest BCUT2D eigenvalue weighted by Gasteiger charge is -2.07. The second-order valence-electron chi connectivity index (χ2n) is 5.74. The second-order valence-corrected chi connectivity index (χ2v) is 5.74. The highest BCUT2D eigenvalue weighted by atomic mass is 19.2. The van der Waals surface area contributed by atoms with Crippen LogP contribution in [0.25, 0.3) is 33.5 Å². The molecule has 0 aliphatic carbocycles. The average molecular weight is 350 g/mol. The molecule has 1 heterocycles. The lowest BCUT2D eigenvalue weighted by atomic mass is 10.0. The Labute approximate surface area is 146 Å². The summed E-state index contributed by atoms with van der Waals surface area (Å²) >= 11 is 0. The molecule has 4 rings (SSSR count). The number of carboxylic acid groups (broad SMARTS) is 1. The van der Waals surface area contributed by atoms with Gasteiger partial charge in [0.05, 0.1) is 22.2 Å². The van der Waals surface area contributed by atoms with E-state index in [2.05, 4.69) is 9.97 Å². The Hall–Kier alpha value is -3.54. The summed E-state index contributed by atoms with van der Waals surface area (Å²) in [5.74, 6) is -3.07. The Balaban J connectivity index is 1.87. The van der Waals surface area contributed by atoms with Crippen molar-refractivity contribution >= 4 is 17.0 Å². The number of fused-ring (bicyclic) bond motifs is 1. The first kappa shape index (κ1) is 16.0. The minimum atomic E-state index is -1.13. The molecule has 2 N–H and O–H groups in total. The summed E-state index contributed by atoms with van der Waals surface area (Å²) in [7, 11) is 0. The molecule has 4 nitrogen and oxygen atoms in total. The van der Waals surface area contributed by atoms with Crippen LogP contribution in [0.15, 0.2) is 60.7 Å². The van der Waals surface area contributed by atoms with Crippen molar-refractivity contribution in [1.29, 1.82) is 0 Å². The number of aromatic amines is 1. The first-order valence-electron chi connectivity index (χ1n) is 7.82. The van der Waals surface area contributed by atoms with Gasteiger partial charge in [-0.15, -0.1) is 0 Å². The zero-order valence-electron chi connectivity index (χ0n) is 13.3. The fourth-order valence-electron chi connectivity index (χ4n) is 2.91. The zero-order valence-corrected chi connectivity index (χ0v) is 13.3. The monoisotopic (exact) mass is 350 g/mol. The van der Waals surface area contributed by atoms with Crippen molar-refractivity contribution in [2.75, 3.05) is 0 Å². The van der Waals surface area contributed by atoms with E-state index in [1.54, 1.807) is 42.5 Å². The lowest BCUT2D eigenvalue weighted by Crippen LogP contribution is -1.97. The third-order valence-corrected chi connectivity index (χ3v) is 4.17. The summed E-state index contributed by atoms with van der Waals surface area (Å²) in [4.78, 5) is 18.3. The van der Waals surface area contributed by atoms with Crippen LogP contribution in [0.2, 0.25) is 0 Å². The SMILES string of the molecule is O=C(O)c1cccc2nc(-c3ccc(-c4ccccc4)c(F)c3F)[nH]c12. The van der Waals surface area contributed by atoms with Crippen LogP contribution in [0, 0.1) is 11.6 Å². The molecular weight excluding hydrogens is 338 g/mol. The van der Waals surface area contributed by atoms with Gasteiger partial charge in [0, 0.05) is 5.56 Å². The third-order valence-electron chi connectivity index (χ3n) is 4.17. The third kappa shape index (κ3) is 2.52. The fourth-order valence-corrected chi connectivity index (χ4v) is 2.91. The van der Waals surface area contributed by atoms with E-state index in [-0.39, 0.29) is 28.0 Å². The van der Waals surface area contributed by atoms with Crippen LogP contribution < -0.4 is 0 Å². The number of nitrogens with one attached hydrogen (secondary N) is 1. The molecule has 0 radical (unpaired) electrons. The number of carboxylic acids is 1. The van der Waals surface area contributed by atoms with Gasteiger partial charge in [0.2, 0.25) is 0 Å². The Morgan fingerprint density at radius 1 is 0.885 bits per heavy atom. The van der Waals surface area contributed by atoms with Crippen LogP contribution in [-0.2, 0) is 0 Å². The van der Waals surface area contributed by atoms with Gasteiger partial charge in [-0.2, -0.15) is 0 Å². The van der Waals surface area contributed by atoms with Gasteiger partial charge in [-0.25, -0.2) is 18.6 Å². The van der Waals surface area contributed by atoms with Crippen LogP contribution in [0.5, 0.6) is 0 Å². The van der Waals surface area contributed by atoms with Gasteiger partial charge in [-0.05, 0) is 23.8 Å². The molecule has 0 bridgehead atoms. The molecule has 4 aromatic rings. The van der Waals surface area contributed by atoms with Crippen molar-refractivity contribution in [2.24, 2.45) is 0 Å². The average Bonchev–Trinajstić information content (AvgIpc) is 3.08. The maximum Gasteiger partial charge on any atom is 0.337 e. The predicted octanol–water partition coefficient (Wildman–Crippen LogP) is 4.87. The van der Waals surface area contributed by atoms with E-state index in [1.807, 2.05) is 0 Å². The van der Waals surface area contributed by atoms with Crippen LogP contribution in [0.3, 0.4) is 0 Å². The summed E-state index contributed by atoms with van der Waals surface area (Å²) in [6.07, 6.45) is 0. The highest BCUT2D eigenvalue weighted by Crippen LogP contribution is 2.31. The predicted molar refractivity (Wildman–Crippen MR) is 93.8 cm³/mol. The minimum Gasteiger partial charge on any atom is -0.478 e. The number of para-hydroxylation sites is 1. The molecule has 0 aliphatic heterocycles. The molecule has 0 unspecified atom stereocenters. The Morgan fingerprint density at radius 3 is 2.31 bits per heavy atom. The Morgan fingerprint density at radius 2 is 1.58 bits per heavy atom. The number of hydrogen-bond acceptors (Lipinski definition) is 2. The maximum absolute atomic E-state index is 14.7. The van der Waals surface area contributed by atoms with Crippen LogP contribution in [0.4, 0.5) is 8.78 Å². The number of halogens is 2. The van der Waals surface area contributed by atoms with Crippen molar-refractivity contribution in [3.05, 3.63) is 77.9 Å². The molecule has 0 spiro atoms. The molecule has 128 valence electrons. The highest BCUT2D eigenvalue weighted by molar-refractivity contribution is 6.01. The molecule has 0 amide bonds. The summed E-state index contributed by atoms with van der Waals surface area (Å²) < 4.78 is 29.3. The molecule has 1 aromatic heterocycles. The molecule has 6 heteroatoms. The van der Waals surface area contributed by atoms with Crippen molar-refractivity contribution in [3.63, 3.8) is 0 Å². The Bertz CT molecular complexity index is 1140. The van der Waals surface area contributed by atoms with E-state index >= 15 is 0 Å². The highest BCUT2D eigenvalue weighted by Gasteiger charge is 2.19. The normalized spacial score (nSPS) is 11.0. The fraction of sp³-hybridized carbons (Fsp3) is 0. The summed E-state index contributed by atoms with van der Waals surface area (Å²) in [6.45, 7) is 0. The van der Waals surface area contributed by atoms with Crippen molar-refractivity contribution in [2.45, 2.75) is 0 Å². The number of aromatic nitrogens is 2. The number of imidazole rings is 1. The summed E-state index contributed by atoms with van der Waals surface area (Å²) in [5, 5.41) is 9.24. The number of carbonyl (C=O) groups is 1. The number of rotatable bonds is 3. The zero-order chi connectivity index (χ0) is 18.3. The van der Waals surface area contributed by atoms with E-state index < -0.39 is 17.6 Å². The van der Waals surface area contributed by atoms with Crippen LogP contribution >= 0.6 is 0 Å². The van der Waals surface area contributed by atoms with Gasteiger partial charge in [-0.3, -0.25) is 0 Å². The number of nitrogens with zero attached hydrogens (tertiary/aromatic N) is 1. The van der Waals surface area contributed by atoms with Gasteiger partial charge in [0.15, 0.2) is 11.6 Å². The molecule has 0 aliphatic rings. The van der Waals surface area contributed by atoms with Gasteiger partial charge in [-0.1, -0.05) is 42.5 Å². The van der Waals surface area contributed by atoms with E-state index in [0.29, 0.717) is 11.1 Å². The molecular formula is C20H12F2N2O2. The van der Waals surface area contributed by atoms with Crippen molar-refractivity contribution in [1.82, 2.24) is 9.97 Å². The van der Waals surface area contributed by atoms with E-state index in [1.165, 1.54) is 18.2 Å². The van der Waals surface area contributed by atoms with Gasteiger partial charge in [0.1, 0.15) is 5.82 Å². The number of benzene rings is 3. The first-order valence-corrected chi connectivity index (χ1v) is 7.82. The van der Waals surface area contributed by atoms with E-state index in [0.717, 1.165) is 0 Å². The molecule has 3 aromatic carbocycles. The van der Waals surface area contributed by atoms with Gasteiger partial charge < -0.3 is 10.1 Å². The lowest BCUT2D eigenvalue weighted by molar-refractivity contribution is 0.0699. The van der Waals surface area contributed by atoms with Crippen molar-refractivity contribution in [3.8, 4) is 22.5 Å². The van der Waals surface area contributed by atoms with Crippen LogP contribution in [-0.4, -0.2) is 21.0 Å². The molecule has 0 fully saturated rings. The molecule has 0 atom stereocenters. The van der Waals surface area contributed by atoms with Gasteiger partial charge >= 0.3 is 5.97 Å². The number of aromatic carboxylic acids is 1. The minimum absolute atomic E-state index is 0.0167. The second kappa shape index (κ2) is 6.07. The van der Waals surface area contributed by atoms with E-state index in [9.17, 15) is 18.7 Å². The summed E-state index contributed by atoms with van der Waals surface area (Å²) in [6, 6.07) is 16.1. The molecule has 0 saturated carbocycles. The topological polar surface area (TPSA) is 66.0 Å². The standard InChI is InChI=1S/C20H12F2N2O2/c21-16-12(11-5-2-1-3-6-11)9-10-13(17(16)22)19-23-15-8-4-7-14(20(25)26)18(15)24-19/h1-10H,(H,23,24)(H,25,26). The first-order chi connectivity index (χ1) is 12.6. The number of hydrogen-bond donors (Lipinski definition) is 2. The maximum atomic E-state index is 14.7. The quantitative estimate of drug-likeness (QED) is 0.554. The van der Waals surface area contributed by atoms with Crippen LogP contribution in [0.1, 0.15) is 10.4 Å². The largest absolute Gasteiger partial charge is 0.478 e.